The Balaban J connectivity index is 0.000000327. The third-order valence-electron chi connectivity index (χ3n) is 5.46. The lowest BCUT2D eigenvalue weighted by Crippen LogP contribution is -2.27. The van der Waals surface area contributed by atoms with E-state index in [4.69, 9.17) is 17.3 Å². The summed E-state index contributed by atoms with van der Waals surface area (Å²) < 4.78 is 13.3. The molecule has 1 aromatic carbocycles. The monoisotopic (exact) mass is 446 g/mol. The summed E-state index contributed by atoms with van der Waals surface area (Å²) in [6.45, 7) is 17.0. The normalized spacial score (nSPS) is 17.2. The van der Waals surface area contributed by atoms with E-state index in [0.29, 0.717) is 22.9 Å². The van der Waals surface area contributed by atoms with Gasteiger partial charge in [0.25, 0.3) is 0 Å². The van der Waals surface area contributed by atoms with E-state index in [1.807, 2.05) is 26.8 Å². The lowest BCUT2D eigenvalue weighted by Gasteiger charge is -2.25. The molecule has 0 aromatic heterocycles. The van der Waals surface area contributed by atoms with Crippen LogP contribution in [0.5, 0.6) is 5.75 Å². The molecule has 5 heteroatoms. The zero-order chi connectivity index (χ0) is 23.8. The van der Waals surface area contributed by atoms with Crippen LogP contribution < -0.4 is 5.73 Å². The number of aromatic hydroxyl groups is 1. The molecule has 31 heavy (non-hydrogen) atoms. The second-order valence-electron chi connectivity index (χ2n) is 8.04. The molecule has 0 spiro atoms. The minimum atomic E-state index is -1.98. The van der Waals surface area contributed by atoms with Gasteiger partial charge in [0.2, 0.25) is 0 Å². The summed E-state index contributed by atoms with van der Waals surface area (Å²) in [5.41, 5.74) is 10.3. The highest BCUT2D eigenvalue weighted by atomic mass is 35.5. The summed E-state index contributed by atoms with van der Waals surface area (Å²) >= 11 is 5.88. The van der Waals surface area contributed by atoms with Crippen molar-refractivity contribution in [3.05, 3.63) is 76.5 Å². The summed E-state index contributed by atoms with van der Waals surface area (Å²) in [5.74, 6) is -1.43. The Bertz CT molecular complexity index is 887. The molecule has 1 unspecified atom stereocenters. The second-order valence-corrected chi connectivity index (χ2v) is 8.52. The number of hydrogen-bond acceptors (Lipinski definition) is 3. The maximum Gasteiger partial charge on any atom is 0.185 e. The summed E-state index contributed by atoms with van der Waals surface area (Å²) in [6, 6.07) is 4.94. The molecular weight excluding hydrogens is 411 g/mol. The molecule has 0 heterocycles. The molecule has 2 rings (SSSR count). The number of alkyl halides is 1. The fourth-order valence-corrected chi connectivity index (χ4v) is 3.30. The second kappa shape index (κ2) is 12.0. The number of halogens is 2. The van der Waals surface area contributed by atoms with Crippen LogP contribution >= 0.6 is 11.6 Å². The lowest BCUT2D eigenvalue weighted by atomic mass is 9.83. The fourth-order valence-electron chi connectivity index (χ4n) is 3.20. The van der Waals surface area contributed by atoms with Gasteiger partial charge in [0.15, 0.2) is 5.79 Å². The molecule has 1 fully saturated rings. The summed E-state index contributed by atoms with van der Waals surface area (Å²) in [5, 5.41) is 10.1. The maximum absolute atomic E-state index is 13.3. The zero-order valence-corrected chi connectivity index (χ0v) is 20.2. The molecule has 3 nitrogen and oxygen atoms in total. The molecule has 0 saturated heterocycles. The van der Waals surface area contributed by atoms with Crippen LogP contribution in [0.3, 0.4) is 0 Å². The first-order chi connectivity index (χ1) is 14.4. The number of aliphatic imine (C=N–C) groups is 1. The average Bonchev–Trinajstić information content (AvgIpc) is 2.63. The number of nitrogens with zero attached hydrogens (tertiary/aromatic N) is 1. The van der Waals surface area contributed by atoms with Crippen molar-refractivity contribution in [3.63, 3.8) is 0 Å². The standard InChI is InChI=1S/C16H22ClN.C10H14FNO/c1-6-11(2)16(10-12(3)17)14(5)18-13(4)15-8-7-9-15;1-3-7-5-4-6-8(9(7)13)10(2,11)12/h6,10,15H,3-4,7-9H2,1-2,5H3;4-6,13H,3,12H2,1-2H3/b11-6-,16-10+,18-14?;. The molecule has 3 N–H and O–H groups in total. The van der Waals surface area contributed by atoms with E-state index in [9.17, 15) is 9.50 Å². The largest absolute Gasteiger partial charge is 0.507 e. The molecule has 1 aliphatic rings. The first kappa shape index (κ1) is 26.9. The van der Waals surface area contributed by atoms with Gasteiger partial charge in [0, 0.05) is 27.9 Å². The number of phenolic OH excluding ortho intramolecular Hbond substituents is 1. The maximum atomic E-state index is 13.3. The number of benzene rings is 1. The highest BCUT2D eigenvalue weighted by Gasteiger charge is 2.24. The van der Waals surface area contributed by atoms with Crippen molar-refractivity contribution in [2.75, 3.05) is 0 Å². The smallest absolute Gasteiger partial charge is 0.185 e. The molecule has 0 radical (unpaired) electrons. The van der Waals surface area contributed by atoms with Crippen LogP contribution in [0, 0.1) is 5.92 Å². The summed E-state index contributed by atoms with van der Waals surface area (Å²) in [6.07, 6.45) is 8.32. The van der Waals surface area contributed by atoms with Crippen LogP contribution in [0.15, 0.2) is 70.4 Å². The van der Waals surface area contributed by atoms with Crippen LogP contribution in [0.25, 0.3) is 0 Å². The Kier molecular flexibility index (Phi) is 10.4. The summed E-state index contributed by atoms with van der Waals surface area (Å²) in [4.78, 5) is 4.63. The predicted molar refractivity (Wildman–Crippen MR) is 132 cm³/mol. The Labute approximate surface area is 191 Å². The molecular formula is C26H36ClFN2O. The number of hydrogen-bond donors (Lipinski definition) is 2. The van der Waals surface area contributed by atoms with Gasteiger partial charge >= 0.3 is 0 Å². The molecule has 1 atom stereocenters. The SMILES string of the molecule is C=C(Cl)/C=C(C(C)=NC(=C)C1CCC1)\C(C)=C/C.CCc1cccc(C(C)(N)F)c1O. The Morgan fingerprint density at radius 1 is 1.35 bits per heavy atom. The number of rotatable bonds is 7. The number of phenols is 1. The van der Waals surface area contributed by atoms with Gasteiger partial charge in [-0.2, -0.15) is 0 Å². The lowest BCUT2D eigenvalue weighted by molar-refractivity contribution is 0.196. The molecule has 1 aliphatic carbocycles. The van der Waals surface area contributed by atoms with Gasteiger partial charge < -0.3 is 5.11 Å². The highest BCUT2D eigenvalue weighted by Crippen LogP contribution is 2.33. The Hall–Kier alpha value is -2.17. The van der Waals surface area contributed by atoms with Crippen LogP contribution in [-0.2, 0) is 12.2 Å². The van der Waals surface area contributed by atoms with E-state index in [-0.39, 0.29) is 11.3 Å². The third-order valence-corrected chi connectivity index (χ3v) is 5.57. The van der Waals surface area contributed by atoms with Gasteiger partial charge in [-0.15, -0.1) is 0 Å². The first-order valence-electron chi connectivity index (χ1n) is 10.6. The number of nitrogens with two attached hydrogens (primary N) is 1. The molecule has 0 bridgehead atoms. The molecule has 0 amide bonds. The topological polar surface area (TPSA) is 58.6 Å². The van der Waals surface area contributed by atoms with Crippen molar-refractivity contribution >= 4 is 17.3 Å². The number of allylic oxidation sites excluding steroid dienone is 6. The quantitative estimate of drug-likeness (QED) is 0.259. The summed E-state index contributed by atoms with van der Waals surface area (Å²) in [7, 11) is 0. The van der Waals surface area contributed by atoms with E-state index in [1.165, 1.54) is 32.3 Å². The van der Waals surface area contributed by atoms with Crippen molar-refractivity contribution in [3.8, 4) is 5.75 Å². The Morgan fingerprint density at radius 2 is 1.97 bits per heavy atom. The van der Waals surface area contributed by atoms with Crippen molar-refractivity contribution in [1.82, 2.24) is 0 Å². The van der Waals surface area contributed by atoms with Gasteiger partial charge in [-0.3, -0.25) is 10.7 Å². The molecule has 1 aromatic rings. The van der Waals surface area contributed by atoms with E-state index < -0.39 is 5.79 Å². The average molecular weight is 447 g/mol. The minimum absolute atomic E-state index is 0.0301. The molecule has 0 aliphatic heterocycles. The van der Waals surface area contributed by atoms with Crippen molar-refractivity contribution < 1.29 is 9.50 Å². The van der Waals surface area contributed by atoms with E-state index in [2.05, 4.69) is 31.2 Å². The first-order valence-corrected chi connectivity index (χ1v) is 11.0. The number of aryl methyl sites for hydroxylation is 1. The minimum Gasteiger partial charge on any atom is -0.507 e. The molecule has 170 valence electrons. The third kappa shape index (κ3) is 8.12. The molecule has 1 saturated carbocycles. The van der Waals surface area contributed by atoms with E-state index in [0.717, 1.165) is 22.6 Å². The van der Waals surface area contributed by atoms with Crippen LogP contribution in [0.4, 0.5) is 4.39 Å². The van der Waals surface area contributed by atoms with Crippen molar-refractivity contribution in [2.45, 2.75) is 66.1 Å². The van der Waals surface area contributed by atoms with Crippen LogP contribution in [0.2, 0.25) is 0 Å². The van der Waals surface area contributed by atoms with E-state index >= 15 is 0 Å². The van der Waals surface area contributed by atoms with Crippen LogP contribution in [0.1, 0.15) is 65.0 Å². The fraction of sp³-hybridized carbons (Fsp3) is 0.423. The van der Waals surface area contributed by atoms with Gasteiger partial charge in [0.1, 0.15) is 5.75 Å². The van der Waals surface area contributed by atoms with Gasteiger partial charge in [-0.1, -0.05) is 62.4 Å². The van der Waals surface area contributed by atoms with Crippen LogP contribution in [-0.4, -0.2) is 10.8 Å². The highest BCUT2D eigenvalue weighted by molar-refractivity contribution is 6.31. The van der Waals surface area contributed by atoms with E-state index in [1.54, 1.807) is 12.1 Å². The van der Waals surface area contributed by atoms with Crippen molar-refractivity contribution in [2.24, 2.45) is 16.6 Å². The van der Waals surface area contributed by atoms with Gasteiger partial charge in [0.05, 0.1) is 0 Å². The van der Waals surface area contributed by atoms with Crippen molar-refractivity contribution in [1.29, 1.82) is 0 Å². The predicted octanol–water partition coefficient (Wildman–Crippen LogP) is 7.46. The van der Waals surface area contributed by atoms with Gasteiger partial charge in [-0.05, 0) is 69.7 Å². The number of para-hydroxylation sites is 1. The zero-order valence-electron chi connectivity index (χ0n) is 19.4. The van der Waals surface area contributed by atoms with Gasteiger partial charge in [-0.25, -0.2) is 4.39 Å². The Morgan fingerprint density at radius 3 is 2.39 bits per heavy atom.